The van der Waals surface area contributed by atoms with Crippen LogP contribution in [-0.4, -0.2) is 44.1 Å². The number of aryl methyl sites for hydroxylation is 1. The molecule has 0 aromatic heterocycles. The van der Waals surface area contributed by atoms with Crippen molar-refractivity contribution in [3.05, 3.63) is 64.2 Å². The summed E-state index contributed by atoms with van der Waals surface area (Å²) in [4.78, 5) is 48.8. The van der Waals surface area contributed by atoms with Crippen molar-refractivity contribution in [3.63, 3.8) is 0 Å². The maximum absolute atomic E-state index is 12.8. The van der Waals surface area contributed by atoms with E-state index in [4.69, 9.17) is 9.47 Å². The van der Waals surface area contributed by atoms with E-state index in [0.29, 0.717) is 11.1 Å². The van der Waals surface area contributed by atoms with Gasteiger partial charge in [0.2, 0.25) is 0 Å². The summed E-state index contributed by atoms with van der Waals surface area (Å²) in [6, 6.07) is 9.32. The van der Waals surface area contributed by atoms with Crippen molar-refractivity contribution in [2.45, 2.75) is 19.4 Å². The molecule has 0 fully saturated rings. The van der Waals surface area contributed by atoms with E-state index >= 15 is 0 Å². The van der Waals surface area contributed by atoms with Gasteiger partial charge in [-0.15, -0.1) is 0 Å². The average molecular weight is 397 g/mol. The van der Waals surface area contributed by atoms with Crippen molar-refractivity contribution in [1.82, 2.24) is 0 Å². The summed E-state index contributed by atoms with van der Waals surface area (Å²) in [5.74, 6) is -2.55. The lowest BCUT2D eigenvalue weighted by atomic mass is 9.96. The summed E-state index contributed by atoms with van der Waals surface area (Å²) in [6.07, 6.45) is -0.886. The number of anilines is 1. The molecule has 0 bridgehead atoms. The van der Waals surface area contributed by atoms with Gasteiger partial charge in [0, 0.05) is 6.42 Å². The van der Waals surface area contributed by atoms with Gasteiger partial charge in [0.1, 0.15) is 0 Å². The molecule has 8 nitrogen and oxygen atoms in total. The molecule has 8 heteroatoms. The number of esters is 3. The zero-order valence-electron chi connectivity index (χ0n) is 16.1. The number of hydrogen-bond donors (Lipinski definition) is 1. The molecule has 29 heavy (non-hydrogen) atoms. The number of fused-ring (bicyclic) bond motifs is 1. The standard InChI is InChI=1S/C21H19NO7/c1-11-4-6-14-13(8-11)10-17(29-21(14)26)18(23)22-16-9-12(19(24)27-2)5-7-15(16)20(25)28-3/h4-9,17H,10H2,1-3H3,(H,22,23)/t17-/m0/s1. The molecule has 1 heterocycles. The van der Waals surface area contributed by atoms with Crippen molar-refractivity contribution >= 4 is 29.5 Å². The number of amides is 1. The highest BCUT2D eigenvalue weighted by molar-refractivity contribution is 6.05. The molecular weight excluding hydrogens is 378 g/mol. The average Bonchev–Trinajstić information content (AvgIpc) is 2.72. The number of cyclic esters (lactones) is 1. The number of ether oxygens (including phenoxy) is 3. The Morgan fingerprint density at radius 1 is 1.03 bits per heavy atom. The van der Waals surface area contributed by atoms with E-state index in [-0.39, 0.29) is 23.2 Å². The Balaban J connectivity index is 1.89. The quantitative estimate of drug-likeness (QED) is 0.623. The molecule has 0 radical (unpaired) electrons. The molecular formula is C21H19NO7. The van der Waals surface area contributed by atoms with Crippen LogP contribution in [0.25, 0.3) is 0 Å². The van der Waals surface area contributed by atoms with Crippen LogP contribution in [0.2, 0.25) is 0 Å². The van der Waals surface area contributed by atoms with E-state index in [1.165, 1.54) is 32.4 Å². The molecule has 1 amide bonds. The van der Waals surface area contributed by atoms with Crippen LogP contribution < -0.4 is 5.32 Å². The van der Waals surface area contributed by atoms with Gasteiger partial charge in [-0.3, -0.25) is 4.79 Å². The van der Waals surface area contributed by atoms with Crippen molar-refractivity contribution < 1.29 is 33.4 Å². The summed E-state index contributed by atoms with van der Waals surface area (Å²) in [7, 11) is 2.42. The molecule has 2 aromatic carbocycles. The topological polar surface area (TPSA) is 108 Å². The molecule has 1 atom stereocenters. The number of nitrogens with one attached hydrogen (secondary N) is 1. The first-order chi connectivity index (χ1) is 13.8. The summed E-state index contributed by atoms with van der Waals surface area (Å²) in [5.41, 5.74) is 2.32. The Bertz CT molecular complexity index is 1010. The van der Waals surface area contributed by atoms with Crippen LogP contribution in [0.5, 0.6) is 0 Å². The second-order valence-electron chi connectivity index (χ2n) is 6.49. The van der Waals surface area contributed by atoms with Crippen molar-refractivity contribution in [2.24, 2.45) is 0 Å². The Kier molecular flexibility index (Phi) is 5.63. The Labute approximate surface area is 166 Å². The Morgan fingerprint density at radius 3 is 2.45 bits per heavy atom. The normalized spacial score (nSPS) is 15.0. The zero-order valence-corrected chi connectivity index (χ0v) is 16.1. The highest BCUT2D eigenvalue weighted by atomic mass is 16.5. The van der Waals surface area contributed by atoms with Gasteiger partial charge in [-0.1, -0.05) is 17.7 Å². The van der Waals surface area contributed by atoms with Crippen LogP contribution >= 0.6 is 0 Å². The Morgan fingerprint density at radius 2 is 1.76 bits per heavy atom. The second kappa shape index (κ2) is 8.14. The number of carbonyl (C=O) groups is 4. The molecule has 3 rings (SSSR count). The Hall–Kier alpha value is -3.68. The minimum atomic E-state index is -1.08. The predicted molar refractivity (Wildman–Crippen MR) is 102 cm³/mol. The third-order valence-corrected chi connectivity index (χ3v) is 4.53. The van der Waals surface area contributed by atoms with Crippen molar-refractivity contribution in [1.29, 1.82) is 0 Å². The van der Waals surface area contributed by atoms with Gasteiger partial charge in [-0.05, 0) is 36.8 Å². The van der Waals surface area contributed by atoms with E-state index < -0.39 is 29.9 Å². The first-order valence-corrected chi connectivity index (χ1v) is 8.76. The van der Waals surface area contributed by atoms with Gasteiger partial charge in [-0.2, -0.15) is 0 Å². The monoisotopic (exact) mass is 397 g/mol. The first kappa shape index (κ1) is 20.1. The summed E-state index contributed by atoms with van der Waals surface area (Å²) >= 11 is 0. The maximum atomic E-state index is 12.8. The minimum Gasteiger partial charge on any atom is -0.465 e. The molecule has 0 unspecified atom stereocenters. The summed E-state index contributed by atoms with van der Waals surface area (Å²) in [5, 5.41) is 2.56. The van der Waals surface area contributed by atoms with Crippen LogP contribution in [0.4, 0.5) is 5.69 Å². The summed E-state index contributed by atoms with van der Waals surface area (Å²) < 4.78 is 14.6. The minimum absolute atomic E-state index is 0.0480. The van der Waals surface area contributed by atoms with Crippen LogP contribution in [0, 0.1) is 6.92 Å². The van der Waals surface area contributed by atoms with E-state index in [0.717, 1.165) is 5.56 Å². The van der Waals surface area contributed by atoms with Gasteiger partial charge in [0.15, 0.2) is 6.10 Å². The smallest absolute Gasteiger partial charge is 0.339 e. The number of methoxy groups -OCH3 is 2. The third-order valence-electron chi connectivity index (χ3n) is 4.53. The number of benzene rings is 2. The lowest BCUT2D eigenvalue weighted by Crippen LogP contribution is -2.38. The van der Waals surface area contributed by atoms with Gasteiger partial charge < -0.3 is 19.5 Å². The first-order valence-electron chi connectivity index (χ1n) is 8.76. The number of carbonyl (C=O) groups excluding carboxylic acids is 4. The van der Waals surface area contributed by atoms with E-state index in [1.54, 1.807) is 12.1 Å². The fraction of sp³-hybridized carbons (Fsp3) is 0.238. The predicted octanol–water partition coefficient (Wildman–Crippen LogP) is 2.29. The van der Waals surface area contributed by atoms with E-state index in [2.05, 4.69) is 10.1 Å². The van der Waals surface area contributed by atoms with Crippen molar-refractivity contribution in [2.75, 3.05) is 19.5 Å². The molecule has 0 aliphatic carbocycles. The molecule has 0 saturated heterocycles. The molecule has 0 saturated carbocycles. The van der Waals surface area contributed by atoms with Crippen LogP contribution in [-0.2, 0) is 25.4 Å². The lowest BCUT2D eigenvalue weighted by molar-refractivity contribution is -0.125. The third kappa shape index (κ3) is 4.11. The van der Waals surface area contributed by atoms with E-state index in [1.807, 2.05) is 13.0 Å². The highest BCUT2D eigenvalue weighted by Gasteiger charge is 2.32. The van der Waals surface area contributed by atoms with Gasteiger partial charge in [-0.25, -0.2) is 14.4 Å². The molecule has 1 N–H and O–H groups in total. The molecule has 0 spiro atoms. The fourth-order valence-electron chi connectivity index (χ4n) is 3.06. The number of rotatable bonds is 4. The lowest BCUT2D eigenvalue weighted by Gasteiger charge is -2.24. The molecule has 1 aliphatic heterocycles. The van der Waals surface area contributed by atoms with Crippen LogP contribution in [0.3, 0.4) is 0 Å². The molecule has 1 aliphatic rings. The number of hydrogen-bond acceptors (Lipinski definition) is 7. The maximum Gasteiger partial charge on any atom is 0.339 e. The SMILES string of the molecule is COC(=O)c1ccc(C(=O)OC)c(NC(=O)[C@@H]2Cc3cc(C)ccc3C(=O)O2)c1. The van der Waals surface area contributed by atoms with Gasteiger partial charge in [0.25, 0.3) is 5.91 Å². The largest absolute Gasteiger partial charge is 0.465 e. The second-order valence-corrected chi connectivity index (χ2v) is 6.49. The van der Waals surface area contributed by atoms with Gasteiger partial charge >= 0.3 is 17.9 Å². The summed E-state index contributed by atoms with van der Waals surface area (Å²) in [6.45, 7) is 1.89. The van der Waals surface area contributed by atoms with Crippen molar-refractivity contribution in [3.8, 4) is 0 Å². The van der Waals surface area contributed by atoms with E-state index in [9.17, 15) is 19.2 Å². The zero-order chi connectivity index (χ0) is 21.1. The van der Waals surface area contributed by atoms with Crippen LogP contribution in [0.1, 0.15) is 42.2 Å². The molecule has 2 aromatic rings. The fourth-order valence-corrected chi connectivity index (χ4v) is 3.06. The van der Waals surface area contributed by atoms with Gasteiger partial charge in [0.05, 0.1) is 36.6 Å². The van der Waals surface area contributed by atoms with Crippen LogP contribution in [0.15, 0.2) is 36.4 Å². The highest BCUT2D eigenvalue weighted by Crippen LogP contribution is 2.25. The molecule has 150 valence electrons.